The third-order valence-corrected chi connectivity index (χ3v) is 7.77. The highest BCUT2D eigenvalue weighted by atomic mass is 16.7. The van der Waals surface area contributed by atoms with E-state index in [0.29, 0.717) is 0 Å². The van der Waals surface area contributed by atoms with Crippen LogP contribution in [0.3, 0.4) is 0 Å². The Hall–Kier alpha value is -5.02. The summed E-state index contributed by atoms with van der Waals surface area (Å²) in [6.45, 7) is 5.26. The average molecular weight is 671 g/mol. The molecule has 1 saturated heterocycles. The first-order valence-corrected chi connectivity index (χ1v) is 15.2. The summed E-state index contributed by atoms with van der Waals surface area (Å²) >= 11 is 0. The molecule has 2 aliphatic rings. The molecular formula is C33H38N2O13. The number of rotatable bonds is 12. The van der Waals surface area contributed by atoms with Crippen LogP contribution >= 0.6 is 0 Å². The van der Waals surface area contributed by atoms with Gasteiger partial charge < -0.3 is 44.2 Å². The molecule has 0 unspecified atom stereocenters. The van der Waals surface area contributed by atoms with E-state index in [1.54, 1.807) is 0 Å². The van der Waals surface area contributed by atoms with Gasteiger partial charge in [0.05, 0.1) is 6.10 Å². The average Bonchev–Trinajstić information content (AvgIpc) is 3.33. The number of esters is 3. The van der Waals surface area contributed by atoms with Crippen LogP contribution in [0.15, 0.2) is 48.5 Å². The predicted octanol–water partition coefficient (Wildman–Crippen LogP) is 2.04. The molecule has 0 radical (unpaired) electrons. The standard InChI is InChI=1S/C33H38N2O13/c1-16(27(31(40)41)35-33(42)44-14-25-23-12-8-6-10-21(23)22-11-7-9-13-24(22)25)45-32-28(34-17(2)36)30(47-20(5)39)29(46-19(4)38)26(48-32)15-43-18(3)37/h6-13,16,25-30,32H,14-15H2,1-5H3,(H,34,36)(H,35,42)(H,40,41)/t16-,26-,27+,28-,29-,30-,32+/m1/s1. The first kappa shape index (κ1) is 35.8. The van der Waals surface area contributed by atoms with Crippen LogP contribution in [0.2, 0.25) is 0 Å². The molecule has 15 nitrogen and oxygen atoms in total. The van der Waals surface area contributed by atoms with Gasteiger partial charge in [-0.1, -0.05) is 48.5 Å². The minimum absolute atomic E-state index is 0.0722. The molecule has 1 fully saturated rings. The number of fused-ring (bicyclic) bond motifs is 3. The second-order valence-electron chi connectivity index (χ2n) is 11.3. The Kier molecular flexibility index (Phi) is 11.7. The maximum absolute atomic E-state index is 13.0. The maximum atomic E-state index is 13.0. The Morgan fingerprint density at radius 2 is 1.35 bits per heavy atom. The predicted molar refractivity (Wildman–Crippen MR) is 164 cm³/mol. The van der Waals surface area contributed by atoms with Gasteiger partial charge in [-0.25, -0.2) is 9.59 Å². The summed E-state index contributed by atoms with van der Waals surface area (Å²) < 4.78 is 33.2. The maximum Gasteiger partial charge on any atom is 0.407 e. The minimum atomic E-state index is -1.69. The van der Waals surface area contributed by atoms with E-state index in [9.17, 15) is 33.9 Å². The molecule has 0 bridgehead atoms. The number of aliphatic carboxylic acids is 1. The number of benzene rings is 2. The molecule has 0 saturated carbocycles. The van der Waals surface area contributed by atoms with Gasteiger partial charge in [0.2, 0.25) is 5.91 Å². The number of carboxylic acid groups (broad SMARTS) is 1. The topological polar surface area (TPSA) is 202 Å². The Bertz CT molecular complexity index is 1500. The Morgan fingerprint density at radius 3 is 1.88 bits per heavy atom. The highest BCUT2D eigenvalue weighted by Crippen LogP contribution is 2.44. The zero-order valence-corrected chi connectivity index (χ0v) is 27.0. The van der Waals surface area contributed by atoms with Crippen molar-refractivity contribution in [3.63, 3.8) is 0 Å². The van der Waals surface area contributed by atoms with Crippen molar-refractivity contribution in [3.05, 3.63) is 59.7 Å². The largest absolute Gasteiger partial charge is 0.480 e. The van der Waals surface area contributed by atoms with E-state index in [4.69, 9.17) is 28.4 Å². The van der Waals surface area contributed by atoms with Crippen molar-refractivity contribution in [2.75, 3.05) is 13.2 Å². The van der Waals surface area contributed by atoms with Gasteiger partial charge in [-0.05, 0) is 29.2 Å². The highest BCUT2D eigenvalue weighted by Gasteiger charge is 2.52. The number of ether oxygens (including phenoxy) is 6. The van der Waals surface area contributed by atoms with Crippen molar-refractivity contribution < 1.29 is 62.3 Å². The third kappa shape index (κ3) is 8.66. The summed E-state index contributed by atoms with van der Waals surface area (Å²) in [7, 11) is 0. The molecule has 0 spiro atoms. The molecule has 1 aliphatic carbocycles. The molecule has 48 heavy (non-hydrogen) atoms. The molecule has 4 rings (SSSR count). The van der Waals surface area contributed by atoms with E-state index < -0.39 is 85.3 Å². The van der Waals surface area contributed by atoms with E-state index in [1.807, 2.05) is 48.5 Å². The Labute approximate surface area is 276 Å². The van der Waals surface area contributed by atoms with E-state index in [1.165, 1.54) is 6.92 Å². The highest BCUT2D eigenvalue weighted by molar-refractivity contribution is 5.81. The summed E-state index contributed by atoms with van der Waals surface area (Å²) in [5, 5.41) is 14.9. The van der Waals surface area contributed by atoms with Crippen LogP contribution in [0, 0.1) is 0 Å². The molecule has 2 aromatic rings. The smallest absolute Gasteiger partial charge is 0.407 e. The van der Waals surface area contributed by atoms with Gasteiger partial charge in [0, 0.05) is 33.6 Å². The Balaban J connectivity index is 1.52. The van der Waals surface area contributed by atoms with E-state index in [-0.39, 0.29) is 12.5 Å². The zero-order valence-electron chi connectivity index (χ0n) is 27.0. The fourth-order valence-corrected chi connectivity index (χ4v) is 5.84. The SMILES string of the molecule is CC(=O)N[C@H]1[C@@H](O[C@H](C)[C@H](NC(=O)OCC2c3ccccc3-c3ccccc32)C(=O)O)O[C@H](COC(C)=O)[C@@H](OC(C)=O)[C@@H]1OC(C)=O. The van der Waals surface area contributed by atoms with Gasteiger partial charge >= 0.3 is 30.0 Å². The van der Waals surface area contributed by atoms with Crippen LogP contribution in [0.5, 0.6) is 0 Å². The molecule has 15 heteroatoms. The number of hydrogen-bond acceptors (Lipinski definition) is 12. The lowest BCUT2D eigenvalue weighted by Crippen LogP contribution is -2.67. The molecule has 258 valence electrons. The summed E-state index contributed by atoms with van der Waals surface area (Å²) in [4.78, 5) is 73.2. The van der Waals surface area contributed by atoms with Gasteiger partial charge in [0.1, 0.15) is 25.4 Å². The van der Waals surface area contributed by atoms with Crippen LogP contribution in [0.25, 0.3) is 11.1 Å². The van der Waals surface area contributed by atoms with E-state index in [0.717, 1.165) is 49.9 Å². The van der Waals surface area contributed by atoms with Crippen molar-refractivity contribution >= 4 is 35.9 Å². The van der Waals surface area contributed by atoms with Crippen LogP contribution in [-0.4, -0.2) is 97.0 Å². The van der Waals surface area contributed by atoms with Gasteiger partial charge in [0.25, 0.3) is 0 Å². The minimum Gasteiger partial charge on any atom is -0.480 e. The number of hydrogen-bond donors (Lipinski definition) is 3. The number of carbonyl (C=O) groups excluding carboxylic acids is 5. The van der Waals surface area contributed by atoms with Crippen molar-refractivity contribution in [1.82, 2.24) is 10.6 Å². The van der Waals surface area contributed by atoms with Crippen molar-refractivity contribution in [3.8, 4) is 11.1 Å². The molecule has 3 N–H and O–H groups in total. The normalized spacial score (nSPS) is 22.6. The first-order valence-electron chi connectivity index (χ1n) is 15.2. The second-order valence-corrected chi connectivity index (χ2v) is 11.3. The number of nitrogens with one attached hydrogen (secondary N) is 2. The summed E-state index contributed by atoms with van der Waals surface area (Å²) in [5.74, 6) is -4.67. The lowest BCUT2D eigenvalue weighted by Gasteiger charge is -2.45. The molecule has 2 aromatic carbocycles. The summed E-state index contributed by atoms with van der Waals surface area (Å²) in [5.41, 5.74) is 3.97. The first-order chi connectivity index (χ1) is 22.8. The molecule has 7 atom stereocenters. The van der Waals surface area contributed by atoms with Crippen LogP contribution in [0.1, 0.15) is 51.7 Å². The molecule has 0 aromatic heterocycles. The van der Waals surface area contributed by atoms with Gasteiger partial charge in [-0.3, -0.25) is 19.2 Å². The quantitative estimate of drug-likeness (QED) is 0.219. The van der Waals surface area contributed by atoms with Gasteiger partial charge in [-0.2, -0.15) is 0 Å². The number of amides is 2. The van der Waals surface area contributed by atoms with E-state index >= 15 is 0 Å². The van der Waals surface area contributed by atoms with Crippen molar-refractivity contribution in [2.24, 2.45) is 0 Å². The number of carbonyl (C=O) groups is 6. The molecule has 2 amide bonds. The van der Waals surface area contributed by atoms with Gasteiger partial charge in [0.15, 0.2) is 24.5 Å². The second kappa shape index (κ2) is 15.7. The van der Waals surface area contributed by atoms with Crippen LogP contribution in [-0.2, 0) is 52.4 Å². The Morgan fingerprint density at radius 1 is 0.792 bits per heavy atom. The van der Waals surface area contributed by atoms with Crippen molar-refractivity contribution in [1.29, 1.82) is 0 Å². The molecule has 1 aliphatic heterocycles. The summed E-state index contributed by atoms with van der Waals surface area (Å²) in [6, 6.07) is 12.4. The van der Waals surface area contributed by atoms with Crippen LogP contribution in [0.4, 0.5) is 4.79 Å². The van der Waals surface area contributed by atoms with Gasteiger partial charge in [-0.15, -0.1) is 0 Å². The number of alkyl carbamates (subject to hydrolysis) is 1. The number of carboxylic acids is 1. The van der Waals surface area contributed by atoms with Crippen molar-refractivity contribution in [2.45, 2.75) is 83.3 Å². The van der Waals surface area contributed by atoms with Crippen LogP contribution < -0.4 is 10.6 Å². The molecule has 1 heterocycles. The fraction of sp³-hybridized carbons (Fsp3) is 0.455. The molecular weight excluding hydrogens is 632 g/mol. The zero-order chi connectivity index (χ0) is 35.1. The lowest BCUT2D eigenvalue weighted by atomic mass is 9.95. The monoisotopic (exact) mass is 670 g/mol. The lowest BCUT2D eigenvalue weighted by molar-refractivity contribution is -0.287. The third-order valence-electron chi connectivity index (χ3n) is 7.77. The fourth-order valence-electron chi connectivity index (χ4n) is 5.84. The van der Waals surface area contributed by atoms with E-state index in [2.05, 4.69) is 10.6 Å². The summed E-state index contributed by atoms with van der Waals surface area (Å²) in [6.07, 6.45) is -7.98.